The molecule has 1 aliphatic rings. The third-order valence-corrected chi connectivity index (χ3v) is 6.46. The number of benzene rings is 1. The van der Waals surface area contributed by atoms with E-state index in [0.29, 0.717) is 18.6 Å². The van der Waals surface area contributed by atoms with Crippen LogP contribution in [-0.4, -0.2) is 67.4 Å². The number of aromatic nitrogens is 1. The summed E-state index contributed by atoms with van der Waals surface area (Å²) in [4.78, 5) is 30.1. The van der Waals surface area contributed by atoms with Crippen molar-refractivity contribution in [3.63, 3.8) is 0 Å². The molecule has 10 heteroatoms. The fourth-order valence-corrected chi connectivity index (χ4v) is 3.70. The highest BCUT2D eigenvalue weighted by Crippen LogP contribution is 2.37. The van der Waals surface area contributed by atoms with Gasteiger partial charge in [0, 0.05) is 25.9 Å². The maximum absolute atomic E-state index is 13.3. The molecule has 1 aromatic heterocycles. The number of carbonyl (C=O) groups is 2. The summed E-state index contributed by atoms with van der Waals surface area (Å²) >= 11 is 0. The Morgan fingerprint density at radius 2 is 1.72 bits per heavy atom. The van der Waals surface area contributed by atoms with E-state index in [4.69, 9.17) is 18.8 Å². The second-order valence-electron chi connectivity index (χ2n) is 9.92. The smallest absolute Gasteiger partial charge is 0.481 e. The van der Waals surface area contributed by atoms with Crippen molar-refractivity contribution in [2.45, 2.75) is 64.2 Å². The van der Waals surface area contributed by atoms with Gasteiger partial charge in [0.05, 0.1) is 35.9 Å². The Kier molecular flexibility index (Phi) is 9.11. The molecule has 0 aliphatic carbocycles. The van der Waals surface area contributed by atoms with Crippen LogP contribution in [0, 0.1) is 6.92 Å². The summed E-state index contributed by atoms with van der Waals surface area (Å²) < 4.78 is 23.5. The summed E-state index contributed by atoms with van der Waals surface area (Å²) in [6.07, 6.45) is 3.54. The molecule has 2 amide bonds. The van der Waals surface area contributed by atoms with Crippen molar-refractivity contribution < 1.29 is 28.4 Å². The SMILES string of the molecule is COCC(NC(=O)c1cncc(C)c1)C(=O)NC(CCOc1ccccc1)B1OC(C)(C)C(C)(C)O1. The van der Waals surface area contributed by atoms with Crippen LogP contribution < -0.4 is 15.4 Å². The Bertz CT molecular complexity index is 1020. The van der Waals surface area contributed by atoms with Crippen LogP contribution in [0.1, 0.15) is 50.0 Å². The molecule has 2 atom stereocenters. The van der Waals surface area contributed by atoms with Crippen molar-refractivity contribution in [3.05, 3.63) is 59.9 Å². The van der Waals surface area contributed by atoms with Crippen molar-refractivity contribution >= 4 is 18.9 Å². The number of hydrogen-bond donors (Lipinski definition) is 2. The molecular formula is C26H36BN3O6. The van der Waals surface area contributed by atoms with E-state index >= 15 is 0 Å². The van der Waals surface area contributed by atoms with E-state index in [1.807, 2.05) is 65.0 Å². The van der Waals surface area contributed by atoms with Crippen LogP contribution in [0.4, 0.5) is 0 Å². The van der Waals surface area contributed by atoms with Crippen LogP contribution in [-0.2, 0) is 18.8 Å². The number of ether oxygens (including phenoxy) is 2. The maximum atomic E-state index is 13.3. The van der Waals surface area contributed by atoms with Crippen LogP contribution in [0.15, 0.2) is 48.8 Å². The number of para-hydroxylation sites is 1. The third-order valence-electron chi connectivity index (χ3n) is 6.46. The van der Waals surface area contributed by atoms with E-state index in [9.17, 15) is 9.59 Å². The van der Waals surface area contributed by atoms with E-state index in [1.165, 1.54) is 13.3 Å². The van der Waals surface area contributed by atoms with Gasteiger partial charge in [-0.15, -0.1) is 0 Å². The molecule has 0 bridgehead atoms. The molecule has 0 radical (unpaired) electrons. The summed E-state index contributed by atoms with van der Waals surface area (Å²) in [7, 11) is 0.776. The van der Waals surface area contributed by atoms with Gasteiger partial charge in [-0.1, -0.05) is 18.2 Å². The molecule has 1 fully saturated rings. The summed E-state index contributed by atoms with van der Waals surface area (Å²) in [5.41, 5.74) is 0.0655. The van der Waals surface area contributed by atoms with E-state index < -0.39 is 42.1 Å². The predicted molar refractivity (Wildman–Crippen MR) is 137 cm³/mol. The average Bonchev–Trinajstić information content (AvgIpc) is 3.05. The molecule has 0 saturated carbocycles. The summed E-state index contributed by atoms with van der Waals surface area (Å²) in [5, 5.41) is 5.74. The molecule has 3 rings (SSSR count). The summed E-state index contributed by atoms with van der Waals surface area (Å²) in [6, 6.07) is 10.2. The molecule has 36 heavy (non-hydrogen) atoms. The highest BCUT2D eigenvalue weighted by molar-refractivity contribution is 6.48. The zero-order chi connectivity index (χ0) is 26.3. The number of carbonyl (C=O) groups excluding carboxylic acids is 2. The monoisotopic (exact) mass is 497 g/mol. The molecule has 1 aromatic carbocycles. The lowest BCUT2D eigenvalue weighted by molar-refractivity contribution is -0.124. The molecule has 1 saturated heterocycles. The number of nitrogens with zero attached hydrogens (tertiary/aromatic N) is 1. The second-order valence-corrected chi connectivity index (χ2v) is 9.92. The fraction of sp³-hybridized carbons (Fsp3) is 0.500. The number of rotatable bonds is 11. The van der Waals surface area contributed by atoms with Gasteiger partial charge < -0.3 is 29.4 Å². The summed E-state index contributed by atoms with van der Waals surface area (Å²) in [5.74, 6) is -0.625. The lowest BCUT2D eigenvalue weighted by Gasteiger charge is -2.32. The van der Waals surface area contributed by atoms with Crippen LogP contribution in [0.3, 0.4) is 0 Å². The molecule has 2 unspecified atom stereocenters. The first-order chi connectivity index (χ1) is 17.0. The minimum Gasteiger partial charge on any atom is -0.494 e. The summed E-state index contributed by atoms with van der Waals surface area (Å²) in [6.45, 7) is 9.98. The predicted octanol–water partition coefficient (Wildman–Crippen LogP) is 2.72. The largest absolute Gasteiger partial charge is 0.494 e. The Labute approximate surface area is 213 Å². The lowest BCUT2D eigenvalue weighted by Crippen LogP contribution is -2.56. The van der Waals surface area contributed by atoms with Crippen molar-refractivity contribution in [3.8, 4) is 5.75 Å². The minimum absolute atomic E-state index is 0.00653. The molecular weight excluding hydrogens is 461 g/mol. The zero-order valence-corrected chi connectivity index (χ0v) is 21.9. The van der Waals surface area contributed by atoms with E-state index in [0.717, 1.165) is 11.3 Å². The first-order valence-corrected chi connectivity index (χ1v) is 12.1. The molecule has 1 aliphatic heterocycles. The number of nitrogens with one attached hydrogen (secondary N) is 2. The van der Waals surface area contributed by atoms with Crippen LogP contribution in [0.25, 0.3) is 0 Å². The Hall–Kier alpha value is -2.95. The molecule has 194 valence electrons. The highest BCUT2D eigenvalue weighted by atomic mass is 16.7. The number of amides is 2. The standard InChI is InChI=1S/C26H36BN3O6/c1-18-14-19(16-28-15-18)23(31)29-21(17-33-6)24(32)30-22(12-13-34-20-10-8-7-9-11-20)27-35-25(2,3)26(4,5)36-27/h7-11,14-16,21-22H,12-13,17H2,1-6H3,(H,29,31)(H,30,32). The topological polar surface area (TPSA) is 108 Å². The van der Waals surface area contributed by atoms with Crippen molar-refractivity contribution in [2.24, 2.45) is 0 Å². The molecule has 2 heterocycles. The van der Waals surface area contributed by atoms with Gasteiger partial charge in [-0.3, -0.25) is 14.6 Å². The van der Waals surface area contributed by atoms with Gasteiger partial charge in [0.25, 0.3) is 5.91 Å². The van der Waals surface area contributed by atoms with E-state index in [2.05, 4.69) is 15.6 Å². The number of pyridine rings is 1. The Balaban J connectivity index is 1.72. The second kappa shape index (κ2) is 11.9. The maximum Gasteiger partial charge on any atom is 0.481 e. The van der Waals surface area contributed by atoms with Crippen LogP contribution in [0.5, 0.6) is 5.75 Å². The molecule has 2 aromatic rings. The quantitative estimate of drug-likeness (QED) is 0.460. The van der Waals surface area contributed by atoms with E-state index in [-0.39, 0.29) is 6.61 Å². The van der Waals surface area contributed by atoms with Crippen molar-refractivity contribution in [1.82, 2.24) is 15.6 Å². The van der Waals surface area contributed by atoms with Gasteiger partial charge in [0.1, 0.15) is 11.8 Å². The highest BCUT2D eigenvalue weighted by Gasteiger charge is 2.54. The Morgan fingerprint density at radius 3 is 2.33 bits per heavy atom. The minimum atomic E-state index is -0.928. The average molecular weight is 497 g/mol. The zero-order valence-electron chi connectivity index (χ0n) is 21.9. The Morgan fingerprint density at radius 1 is 1.06 bits per heavy atom. The van der Waals surface area contributed by atoms with Crippen LogP contribution in [0.2, 0.25) is 0 Å². The van der Waals surface area contributed by atoms with Gasteiger partial charge in [0.2, 0.25) is 5.91 Å². The molecule has 0 spiro atoms. The van der Waals surface area contributed by atoms with Gasteiger partial charge in [-0.25, -0.2) is 0 Å². The van der Waals surface area contributed by atoms with Crippen molar-refractivity contribution in [1.29, 1.82) is 0 Å². The lowest BCUT2D eigenvalue weighted by atomic mass is 9.76. The third kappa shape index (κ3) is 7.06. The van der Waals surface area contributed by atoms with Crippen molar-refractivity contribution in [2.75, 3.05) is 20.3 Å². The normalized spacial score (nSPS) is 17.8. The van der Waals surface area contributed by atoms with Crippen LogP contribution >= 0.6 is 0 Å². The molecule has 2 N–H and O–H groups in total. The van der Waals surface area contributed by atoms with Gasteiger partial charge in [-0.05, 0) is 58.4 Å². The van der Waals surface area contributed by atoms with Gasteiger partial charge in [0.15, 0.2) is 0 Å². The first kappa shape index (κ1) is 27.6. The fourth-order valence-electron chi connectivity index (χ4n) is 3.70. The molecule has 9 nitrogen and oxygen atoms in total. The number of hydrogen-bond acceptors (Lipinski definition) is 7. The first-order valence-electron chi connectivity index (χ1n) is 12.1. The number of aryl methyl sites for hydroxylation is 1. The number of methoxy groups -OCH3 is 1. The van der Waals surface area contributed by atoms with Gasteiger partial charge in [-0.2, -0.15) is 0 Å². The van der Waals surface area contributed by atoms with Gasteiger partial charge >= 0.3 is 7.12 Å². The van der Waals surface area contributed by atoms with E-state index in [1.54, 1.807) is 12.3 Å².